The van der Waals surface area contributed by atoms with Crippen molar-refractivity contribution < 1.29 is 28.6 Å². The average Bonchev–Trinajstić information content (AvgIpc) is 3.49. The Morgan fingerprint density at radius 2 is 0.494 bits per heavy atom. The maximum absolute atomic E-state index is 12.9. The SMILES string of the molecule is CC/C=C\C/C=C\C/C=C\C/C=C\C/C=C\C/C=C\C/C=C\C/C=C\CCCCCCCCCCCCC(=O)OCC(COC(=O)CCCCCCC/C=C\CCC)OC(=O)CCCCCCCCCCCCCCCCCCCCCC. The smallest absolute Gasteiger partial charge is 0.306 e. The summed E-state index contributed by atoms with van der Waals surface area (Å²) in [5.41, 5.74) is 0. The highest BCUT2D eigenvalue weighted by atomic mass is 16.6. The van der Waals surface area contributed by atoms with Gasteiger partial charge < -0.3 is 14.2 Å². The molecule has 0 aliphatic rings. The van der Waals surface area contributed by atoms with Crippen LogP contribution in [0.25, 0.3) is 0 Å². The fourth-order valence-corrected chi connectivity index (χ4v) is 9.99. The van der Waals surface area contributed by atoms with Gasteiger partial charge in [0, 0.05) is 19.3 Å². The summed E-state index contributed by atoms with van der Waals surface area (Å²) in [6.45, 7) is 6.49. The maximum Gasteiger partial charge on any atom is 0.306 e. The zero-order chi connectivity index (χ0) is 59.9. The molecule has 476 valence electrons. The largest absolute Gasteiger partial charge is 0.462 e. The van der Waals surface area contributed by atoms with E-state index >= 15 is 0 Å². The third-order valence-electron chi connectivity index (χ3n) is 15.2. The quantitative estimate of drug-likeness (QED) is 0.0261. The summed E-state index contributed by atoms with van der Waals surface area (Å²) in [6, 6.07) is 0. The molecule has 0 aromatic rings. The first-order chi connectivity index (χ1) is 41.0. The zero-order valence-corrected chi connectivity index (χ0v) is 54.7. The van der Waals surface area contributed by atoms with Crippen molar-refractivity contribution in [2.24, 2.45) is 0 Å². The summed E-state index contributed by atoms with van der Waals surface area (Å²) in [5, 5.41) is 0. The molecule has 6 heteroatoms. The van der Waals surface area contributed by atoms with Crippen molar-refractivity contribution in [3.05, 3.63) is 109 Å². The summed E-state index contributed by atoms with van der Waals surface area (Å²) >= 11 is 0. The molecule has 0 saturated heterocycles. The Balaban J connectivity index is 4.17. The van der Waals surface area contributed by atoms with Crippen molar-refractivity contribution in [3.63, 3.8) is 0 Å². The highest BCUT2D eigenvalue weighted by Crippen LogP contribution is 2.17. The van der Waals surface area contributed by atoms with Crippen LogP contribution in [-0.2, 0) is 28.6 Å². The van der Waals surface area contributed by atoms with Gasteiger partial charge in [0.2, 0.25) is 0 Å². The fourth-order valence-electron chi connectivity index (χ4n) is 9.99. The van der Waals surface area contributed by atoms with Gasteiger partial charge in [-0.2, -0.15) is 0 Å². The third-order valence-corrected chi connectivity index (χ3v) is 15.2. The highest BCUT2D eigenvalue weighted by Gasteiger charge is 2.19. The van der Waals surface area contributed by atoms with E-state index in [1.54, 1.807) is 0 Å². The van der Waals surface area contributed by atoms with Gasteiger partial charge in [-0.3, -0.25) is 14.4 Å². The number of hydrogen-bond donors (Lipinski definition) is 0. The second kappa shape index (κ2) is 70.6. The maximum atomic E-state index is 12.9. The van der Waals surface area contributed by atoms with E-state index in [9.17, 15) is 14.4 Å². The van der Waals surface area contributed by atoms with Crippen LogP contribution < -0.4 is 0 Å². The molecule has 0 saturated carbocycles. The van der Waals surface area contributed by atoms with E-state index in [1.807, 2.05) is 0 Å². The minimum atomic E-state index is -0.782. The van der Waals surface area contributed by atoms with Crippen LogP contribution in [0.1, 0.15) is 342 Å². The fraction of sp³-hybridized carbons (Fsp3) is 0.727. The molecule has 6 nitrogen and oxygen atoms in total. The first-order valence-electron chi connectivity index (χ1n) is 35.4. The molecular weight excluding hydrogens is 1020 g/mol. The number of allylic oxidation sites excluding steroid dienone is 18. The molecule has 0 aliphatic carbocycles. The lowest BCUT2D eigenvalue weighted by atomic mass is 10.0. The van der Waals surface area contributed by atoms with Gasteiger partial charge in [-0.05, 0) is 103 Å². The van der Waals surface area contributed by atoms with Gasteiger partial charge in [0.15, 0.2) is 6.10 Å². The second-order valence-electron chi connectivity index (χ2n) is 23.4. The van der Waals surface area contributed by atoms with Gasteiger partial charge in [0.05, 0.1) is 0 Å². The number of unbranched alkanes of at least 4 members (excludes halogenated alkanes) is 35. The highest BCUT2D eigenvalue weighted by molar-refractivity contribution is 5.71. The Bertz CT molecular complexity index is 1660. The molecule has 0 aliphatic heterocycles. The summed E-state index contributed by atoms with van der Waals surface area (Å²) in [7, 11) is 0. The molecule has 0 amide bonds. The summed E-state index contributed by atoms with van der Waals surface area (Å²) in [4.78, 5) is 38.3. The molecule has 1 unspecified atom stereocenters. The topological polar surface area (TPSA) is 78.9 Å². The minimum Gasteiger partial charge on any atom is -0.462 e. The van der Waals surface area contributed by atoms with Crippen molar-refractivity contribution in [2.75, 3.05) is 13.2 Å². The Kier molecular flexibility index (Phi) is 67.2. The van der Waals surface area contributed by atoms with Crippen molar-refractivity contribution in [3.8, 4) is 0 Å². The number of carbonyl (C=O) groups is 3. The third kappa shape index (κ3) is 68.7. The number of esters is 3. The standard InChI is InChI=1S/C77H132O6/c1-4-7-10-13-16-19-22-24-26-28-30-32-33-34-35-36-37-38-39-40-41-42-43-44-45-46-48-49-51-53-55-58-61-64-67-70-76(79)82-73-74(72-81-75(78)69-66-63-60-57-21-18-15-12-9-6-3)83-77(80)71-68-65-62-59-56-54-52-50-47-31-29-27-25-23-20-17-14-11-8-5-2/h7,10,12,15-16,19,24,26,30,32,34-35,37-38,40-41,43-44,74H,4-6,8-9,11,13-14,17-18,20-23,25,27-29,31,33,36,39,42,45-73H2,1-3H3/b10-7-,15-12-,19-16-,26-24-,32-30-,35-34-,38-37-,41-40-,44-43-. The Morgan fingerprint density at radius 3 is 0.795 bits per heavy atom. The Morgan fingerprint density at radius 1 is 0.253 bits per heavy atom. The molecule has 0 fully saturated rings. The first-order valence-corrected chi connectivity index (χ1v) is 35.4. The molecule has 0 radical (unpaired) electrons. The lowest BCUT2D eigenvalue weighted by Crippen LogP contribution is -2.30. The summed E-state index contributed by atoms with van der Waals surface area (Å²) in [6.07, 6.45) is 97.0. The van der Waals surface area contributed by atoms with Crippen LogP contribution in [-0.4, -0.2) is 37.2 Å². The lowest BCUT2D eigenvalue weighted by Gasteiger charge is -2.18. The van der Waals surface area contributed by atoms with E-state index in [0.29, 0.717) is 19.3 Å². The van der Waals surface area contributed by atoms with E-state index in [4.69, 9.17) is 14.2 Å². The Hall–Kier alpha value is -3.93. The molecule has 0 spiro atoms. The molecule has 1 atom stereocenters. The van der Waals surface area contributed by atoms with Gasteiger partial charge in [-0.1, -0.05) is 329 Å². The molecule has 0 bridgehead atoms. The van der Waals surface area contributed by atoms with E-state index in [1.165, 1.54) is 180 Å². The number of hydrogen-bond acceptors (Lipinski definition) is 6. The van der Waals surface area contributed by atoms with Gasteiger partial charge in [0.1, 0.15) is 13.2 Å². The van der Waals surface area contributed by atoms with Crippen molar-refractivity contribution in [1.82, 2.24) is 0 Å². The molecule has 0 N–H and O–H groups in total. The summed E-state index contributed by atoms with van der Waals surface area (Å²) in [5.74, 6) is -0.880. The van der Waals surface area contributed by atoms with Crippen molar-refractivity contribution in [2.45, 2.75) is 348 Å². The van der Waals surface area contributed by atoms with Crippen LogP contribution in [0.4, 0.5) is 0 Å². The number of ether oxygens (including phenoxy) is 3. The van der Waals surface area contributed by atoms with Crippen LogP contribution in [0.3, 0.4) is 0 Å². The van der Waals surface area contributed by atoms with Crippen LogP contribution in [0.15, 0.2) is 109 Å². The van der Waals surface area contributed by atoms with E-state index in [0.717, 1.165) is 122 Å². The molecule has 0 rings (SSSR count). The van der Waals surface area contributed by atoms with Gasteiger partial charge >= 0.3 is 17.9 Å². The van der Waals surface area contributed by atoms with Gasteiger partial charge in [0.25, 0.3) is 0 Å². The predicted octanol–water partition coefficient (Wildman–Crippen LogP) is 24.6. The van der Waals surface area contributed by atoms with Crippen molar-refractivity contribution >= 4 is 17.9 Å². The average molecular weight is 1150 g/mol. The van der Waals surface area contributed by atoms with Gasteiger partial charge in [-0.25, -0.2) is 0 Å². The molecule has 0 aromatic carbocycles. The monoisotopic (exact) mass is 1150 g/mol. The number of carbonyl (C=O) groups excluding carboxylic acids is 3. The summed E-state index contributed by atoms with van der Waals surface area (Å²) < 4.78 is 16.9. The van der Waals surface area contributed by atoms with Crippen LogP contribution in [0.5, 0.6) is 0 Å². The normalized spacial score (nSPS) is 12.8. The predicted molar refractivity (Wildman–Crippen MR) is 362 cm³/mol. The van der Waals surface area contributed by atoms with Crippen LogP contribution >= 0.6 is 0 Å². The molecule has 0 aromatic heterocycles. The first kappa shape index (κ1) is 79.1. The van der Waals surface area contributed by atoms with Gasteiger partial charge in [-0.15, -0.1) is 0 Å². The zero-order valence-electron chi connectivity index (χ0n) is 54.7. The van der Waals surface area contributed by atoms with E-state index in [2.05, 4.69) is 130 Å². The lowest BCUT2D eigenvalue weighted by molar-refractivity contribution is -0.167. The van der Waals surface area contributed by atoms with Crippen molar-refractivity contribution in [1.29, 1.82) is 0 Å². The van der Waals surface area contributed by atoms with Crippen LogP contribution in [0, 0.1) is 0 Å². The van der Waals surface area contributed by atoms with E-state index < -0.39 is 6.10 Å². The van der Waals surface area contributed by atoms with E-state index in [-0.39, 0.29) is 31.1 Å². The molecule has 83 heavy (non-hydrogen) atoms. The Labute approximate surface area is 514 Å². The minimum absolute atomic E-state index is 0.0796. The molecular formula is C77H132O6. The molecule has 0 heterocycles. The van der Waals surface area contributed by atoms with Crippen LogP contribution in [0.2, 0.25) is 0 Å². The number of rotatable bonds is 64. The second-order valence-corrected chi connectivity index (χ2v) is 23.4.